The minimum absolute atomic E-state index is 0.319. The van der Waals surface area contributed by atoms with Crippen molar-refractivity contribution in [2.24, 2.45) is 5.41 Å². The molecule has 0 amide bonds. The van der Waals surface area contributed by atoms with Crippen molar-refractivity contribution in [2.75, 3.05) is 0 Å². The van der Waals surface area contributed by atoms with E-state index in [9.17, 15) is 10.2 Å². The van der Waals surface area contributed by atoms with Crippen molar-refractivity contribution < 1.29 is 10.2 Å². The summed E-state index contributed by atoms with van der Waals surface area (Å²) in [7, 11) is 0. The Morgan fingerprint density at radius 2 is 1.14 bits per heavy atom. The maximum atomic E-state index is 9.98. The zero-order valence-corrected chi connectivity index (χ0v) is 23.9. The van der Waals surface area contributed by atoms with Gasteiger partial charge in [-0.05, 0) is 52.6 Å². The van der Waals surface area contributed by atoms with Gasteiger partial charge in [0.15, 0.2) is 0 Å². The molecule has 37 heavy (non-hydrogen) atoms. The van der Waals surface area contributed by atoms with E-state index < -0.39 is 0 Å². The van der Waals surface area contributed by atoms with Gasteiger partial charge in [-0.25, -0.2) is 0 Å². The molecule has 0 aromatic heterocycles. The topological polar surface area (TPSA) is 40.5 Å². The minimum atomic E-state index is 0.319. The molecule has 4 aromatic rings. The van der Waals surface area contributed by atoms with Gasteiger partial charge < -0.3 is 10.2 Å². The molecule has 0 aliphatic rings. The second-order valence-corrected chi connectivity index (χ2v) is 10.4. The molecule has 0 saturated heterocycles. The number of rotatable bonds is 5. The largest absolute Gasteiger partial charge is 0.507 e. The molecular weight excluding hydrogens is 452 g/mol. The average molecular weight is 501 g/mol. The van der Waals surface area contributed by atoms with Gasteiger partial charge in [0.25, 0.3) is 0 Å². The minimum Gasteiger partial charge on any atom is -0.507 e. The molecule has 0 fully saturated rings. The van der Waals surface area contributed by atoms with Crippen LogP contribution in [0.15, 0.2) is 92.0 Å². The normalized spacial score (nSPS) is 11.3. The lowest BCUT2D eigenvalue weighted by molar-refractivity contribution is 0.336. The number of benzene rings is 4. The second kappa shape index (κ2) is 16.5. The number of phenols is 2. The summed E-state index contributed by atoms with van der Waals surface area (Å²) >= 11 is 0. The highest BCUT2D eigenvalue weighted by molar-refractivity contribution is 5.91. The Labute approximate surface area is 225 Å². The van der Waals surface area contributed by atoms with Crippen LogP contribution in [0.5, 0.6) is 11.5 Å². The van der Waals surface area contributed by atoms with Crippen molar-refractivity contribution >= 4 is 21.5 Å². The van der Waals surface area contributed by atoms with Gasteiger partial charge >= 0.3 is 0 Å². The van der Waals surface area contributed by atoms with Crippen molar-refractivity contribution in [3.05, 3.63) is 97.6 Å². The van der Waals surface area contributed by atoms with Gasteiger partial charge in [-0.15, -0.1) is 13.2 Å². The molecule has 1 atom stereocenters. The molecule has 1 unspecified atom stereocenters. The van der Waals surface area contributed by atoms with E-state index in [1.54, 1.807) is 12.1 Å². The first kappa shape index (κ1) is 31.8. The maximum absolute atomic E-state index is 9.98. The number of fused-ring (bicyclic) bond motifs is 2. The van der Waals surface area contributed by atoms with Gasteiger partial charge in [0.1, 0.15) is 11.5 Å². The molecule has 4 aromatic carbocycles. The number of unbranched alkanes of at least 4 members (excludes halogenated alkanes) is 2. The molecule has 2 nitrogen and oxygen atoms in total. The first-order chi connectivity index (χ1) is 17.7. The Hall–Kier alpha value is -3.26. The van der Waals surface area contributed by atoms with E-state index in [-0.39, 0.29) is 0 Å². The van der Waals surface area contributed by atoms with Crippen molar-refractivity contribution in [1.82, 2.24) is 0 Å². The number of aromatic hydroxyl groups is 2. The first-order valence-electron chi connectivity index (χ1n) is 13.6. The van der Waals surface area contributed by atoms with Crippen LogP contribution in [0.25, 0.3) is 21.5 Å². The Balaban J connectivity index is 0.000000319. The average Bonchev–Trinajstić information content (AvgIpc) is 2.90. The fraction of sp³-hybridized carbons (Fsp3) is 0.371. The molecule has 0 spiro atoms. The number of phenolic OH excluding ortho intramolecular Hbond substituents is 2. The highest BCUT2D eigenvalue weighted by Crippen LogP contribution is 2.38. The summed E-state index contributed by atoms with van der Waals surface area (Å²) < 4.78 is 0. The summed E-state index contributed by atoms with van der Waals surface area (Å²) in [5.41, 5.74) is 1.69. The molecule has 0 bridgehead atoms. The van der Waals surface area contributed by atoms with Crippen molar-refractivity contribution in [2.45, 2.75) is 79.6 Å². The van der Waals surface area contributed by atoms with E-state index in [2.05, 4.69) is 72.9 Å². The third-order valence-electron chi connectivity index (χ3n) is 6.20. The van der Waals surface area contributed by atoms with E-state index in [4.69, 9.17) is 0 Å². The quantitative estimate of drug-likeness (QED) is 0.267. The predicted molar refractivity (Wildman–Crippen MR) is 165 cm³/mol. The Bertz CT molecular complexity index is 1180. The molecule has 0 radical (unpaired) electrons. The van der Waals surface area contributed by atoms with Gasteiger partial charge in [0, 0.05) is 10.8 Å². The third kappa shape index (κ3) is 10.3. The molecule has 0 heterocycles. The van der Waals surface area contributed by atoms with Crippen LogP contribution in [0, 0.1) is 5.41 Å². The van der Waals surface area contributed by atoms with Crippen LogP contribution in [0.3, 0.4) is 0 Å². The van der Waals surface area contributed by atoms with Crippen molar-refractivity contribution in [3.63, 3.8) is 0 Å². The number of hydrogen-bond donors (Lipinski definition) is 2. The van der Waals surface area contributed by atoms with Crippen LogP contribution in [0.2, 0.25) is 0 Å². The summed E-state index contributed by atoms with van der Waals surface area (Å²) in [5, 5.41) is 23.5. The van der Waals surface area contributed by atoms with Gasteiger partial charge in [-0.2, -0.15) is 0 Å². The molecule has 0 aliphatic carbocycles. The van der Waals surface area contributed by atoms with E-state index in [0.717, 1.165) is 29.0 Å². The van der Waals surface area contributed by atoms with Crippen molar-refractivity contribution in [1.29, 1.82) is 0 Å². The Morgan fingerprint density at radius 3 is 1.68 bits per heavy atom. The highest BCUT2D eigenvalue weighted by Gasteiger charge is 2.20. The maximum Gasteiger partial charge on any atom is 0.123 e. The third-order valence-corrected chi connectivity index (χ3v) is 6.20. The second-order valence-electron chi connectivity index (χ2n) is 10.4. The standard InChI is InChI=1S/C18H24O.C10H8O.C5H12.C2H4/c1-5-13(12-18(2,3)4)14-8-6-10-16-15(14)9-7-11-17(16)19;11-10-7-3-5-8-4-1-2-6-9(8)10;1-3-5-4-2;1-2/h6-11,13,19H,5,12H2,1-4H3;1-7,11H;3-5H2,1-2H3;1-2H2. The summed E-state index contributed by atoms with van der Waals surface area (Å²) in [6, 6.07) is 25.4. The predicted octanol–water partition coefficient (Wildman–Crippen LogP) is 11.0. The molecule has 2 N–H and O–H groups in total. The Morgan fingerprint density at radius 1 is 0.649 bits per heavy atom. The smallest absolute Gasteiger partial charge is 0.123 e. The molecule has 4 rings (SSSR count). The van der Waals surface area contributed by atoms with E-state index in [0.29, 0.717) is 22.8 Å². The summed E-state index contributed by atoms with van der Waals surface area (Å²) in [6.45, 7) is 19.5. The molecule has 2 heteroatoms. The van der Waals surface area contributed by atoms with Crippen LogP contribution < -0.4 is 0 Å². The van der Waals surface area contributed by atoms with E-state index >= 15 is 0 Å². The number of hydrogen-bond acceptors (Lipinski definition) is 2. The molecule has 200 valence electrons. The van der Waals surface area contributed by atoms with Gasteiger partial charge in [-0.1, -0.05) is 128 Å². The monoisotopic (exact) mass is 500 g/mol. The van der Waals surface area contributed by atoms with Gasteiger partial charge in [-0.3, -0.25) is 0 Å². The van der Waals surface area contributed by atoms with Crippen molar-refractivity contribution in [3.8, 4) is 11.5 Å². The Kier molecular flexibility index (Phi) is 14.1. The molecule has 0 aliphatic heterocycles. The summed E-state index contributed by atoms with van der Waals surface area (Å²) in [6.07, 6.45) is 6.37. The van der Waals surface area contributed by atoms with Crippen LogP contribution in [0.1, 0.15) is 85.1 Å². The first-order valence-corrected chi connectivity index (χ1v) is 13.6. The van der Waals surface area contributed by atoms with Crippen LogP contribution in [-0.4, -0.2) is 10.2 Å². The summed E-state index contributed by atoms with van der Waals surface area (Å²) in [4.78, 5) is 0. The van der Waals surface area contributed by atoms with Gasteiger partial charge in [0.05, 0.1) is 0 Å². The van der Waals surface area contributed by atoms with Crippen LogP contribution in [0.4, 0.5) is 0 Å². The zero-order valence-electron chi connectivity index (χ0n) is 23.9. The van der Waals surface area contributed by atoms with E-state index in [1.165, 1.54) is 30.2 Å². The lowest BCUT2D eigenvalue weighted by Crippen LogP contribution is -2.11. The summed E-state index contributed by atoms with van der Waals surface area (Å²) in [5.74, 6) is 1.28. The lowest BCUT2D eigenvalue weighted by Gasteiger charge is -2.26. The fourth-order valence-corrected chi connectivity index (χ4v) is 4.45. The SMILES string of the molecule is C=C.CCC(CC(C)(C)C)c1cccc2c(O)cccc12.CCCCC.Oc1cccc2ccccc12. The zero-order chi connectivity index (χ0) is 27.8. The lowest BCUT2D eigenvalue weighted by atomic mass is 9.79. The van der Waals surface area contributed by atoms with E-state index in [1.807, 2.05) is 48.5 Å². The fourth-order valence-electron chi connectivity index (χ4n) is 4.45. The van der Waals surface area contributed by atoms with Crippen LogP contribution in [-0.2, 0) is 0 Å². The molecular formula is C35H48O2. The highest BCUT2D eigenvalue weighted by atomic mass is 16.3. The molecule has 0 saturated carbocycles. The van der Waals surface area contributed by atoms with Gasteiger partial charge in [0.2, 0.25) is 0 Å². The van der Waals surface area contributed by atoms with Crippen LogP contribution >= 0.6 is 0 Å².